The van der Waals surface area contributed by atoms with Crippen LogP contribution in [-0.4, -0.2) is 35.6 Å². The molecule has 0 saturated heterocycles. The number of carboxylic acid groups (broad SMARTS) is 1. The van der Waals surface area contributed by atoms with Gasteiger partial charge in [0.2, 0.25) is 0 Å². The molecular weight excluding hydrogens is 428 g/mol. The Morgan fingerprint density at radius 3 is 2.72 bits per heavy atom. The molecule has 7 rings (SSSR count). The molecule has 0 radical (unpaired) electrons. The Balaban J connectivity index is 1.53. The van der Waals surface area contributed by atoms with Crippen molar-refractivity contribution in [1.29, 1.82) is 5.26 Å². The van der Waals surface area contributed by atoms with E-state index in [1.165, 1.54) is 6.20 Å². The van der Waals surface area contributed by atoms with Gasteiger partial charge in [-0.05, 0) is 43.6 Å². The summed E-state index contributed by atoms with van der Waals surface area (Å²) < 4.78 is 1.98. The lowest BCUT2D eigenvalue weighted by atomic mass is 9.61. The van der Waals surface area contributed by atoms with Crippen LogP contribution in [0.3, 0.4) is 0 Å². The molecule has 2 bridgehead atoms. The first-order valence-corrected chi connectivity index (χ1v) is 11.1. The molecule has 3 fully saturated rings. The lowest BCUT2D eigenvalue weighted by Gasteiger charge is -2.47. The Bertz CT molecular complexity index is 1430. The lowest BCUT2D eigenvalue weighted by Crippen LogP contribution is -2.44. The highest BCUT2D eigenvalue weighted by Crippen LogP contribution is 2.52. The van der Waals surface area contributed by atoms with Crippen molar-refractivity contribution in [2.75, 3.05) is 0 Å². The summed E-state index contributed by atoms with van der Waals surface area (Å²) in [6.45, 7) is 0. The van der Waals surface area contributed by atoms with Crippen LogP contribution in [0.4, 0.5) is 0 Å². The maximum atomic E-state index is 12.2. The number of rotatable bonds is 3. The molecule has 3 aliphatic rings. The molecule has 160 valence electrons. The highest BCUT2D eigenvalue weighted by molar-refractivity contribution is 6.35. The number of fused-ring (bicyclic) bond motifs is 5. The molecule has 4 heterocycles. The van der Waals surface area contributed by atoms with E-state index >= 15 is 0 Å². The lowest BCUT2D eigenvalue weighted by molar-refractivity contribution is -0.151. The molecule has 0 aliphatic heterocycles. The first-order chi connectivity index (χ1) is 15.5. The van der Waals surface area contributed by atoms with Crippen LogP contribution in [0.15, 0.2) is 30.9 Å². The summed E-state index contributed by atoms with van der Waals surface area (Å²) in [7, 11) is 0. The SMILES string of the molecule is N#Cc1cnc2[nH]cc(-c3ncc4c(Cl)cn([C@@H]5C6CCC(CC6)[C@H]5C(=O)O)c4n3)c2c1. The molecule has 9 heteroatoms. The number of carboxylic acids is 1. The van der Waals surface area contributed by atoms with Gasteiger partial charge in [0, 0.05) is 35.7 Å². The predicted molar refractivity (Wildman–Crippen MR) is 118 cm³/mol. The third kappa shape index (κ3) is 2.74. The molecule has 4 aromatic rings. The molecule has 3 saturated carbocycles. The summed E-state index contributed by atoms with van der Waals surface area (Å²) in [5.41, 5.74) is 2.47. The normalized spacial score (nSPS) is 24.8. The van der Waals surface area contributed by atoms with E-state index < -0.39 is 11.9 Å². The number of nitrogens with one attached hydrogen (secondary N) is 1. The maximum absolute atomic E-state index is 12.2. The first-order valence-electron chi connectivity index (χ1n) is 10.7. The number of pyridine rings is 1. The van der Waals surface area contributed by atoms with Crippen molar-refractivity contribution in [3.8, 4) is 17.5 Å². The number of aromatic amines is 1. The summed E-state index contributed by atoms with van der Waals surface area (Å²) in [6.07, 6.45) is 10.8. The minimum Gasteiger partial charge on any atom is -0.481 e. The summed E-state index contributed by atoms with van der Waals surface area (Å²) in [6, 6.07) is 3.69. The van der Waals surface area contributed by atoms with Crippen molar-refractivity contribution in [3.63, 3.8) is 0 Å². The molecule has 4 aromatic heterocycles. The topological polar surface area (TPSA) is 120 Å². The van der Waals surface area contributed by atoms with Crippen LogP contribution in [0.25, 0.3) is 33.5 Å². The Morgan fingerprint density at radius 1 is 1.19 bits per heavy atom. The van der Waals surface area contributed by atoms with Crippen molar-refractivity contribution in [2.45, 2.75) is 31.7 Å². The molecule has 0 aromatic carbocycles. The third-order valence-electron chi connectivity index (χ3n) is 7.21. The van der Waals surface area contributed by atoms with E-state index in [9.17, 15) is 15.2 Å². The third-order valence-corrected chi connectivity index (χ3v) is 7.51. The van der Waals surface area contributed by atoms with Gasteiger partial charge in [0.25, 0.3) is 0 Å². The van der Waals surface area contributed by atoms with Gasteiger partial charge in [-0.3, -0.25) is 4.79 Å². The van der Waals surface area contributed by atoms with Crippen molar-refractivity contribution in [1.82, 2.24) is 24.5 Å². The monoisotopic (exact) mass is 446 g/mol. The summed E-state index contributed by atoms with van der Waals surface area (Å²) >= 11 is 6.54. The average Bonchev–Trinajstić information content (AvgIpc) is 3.39. The zero-order valence-electron chi connectivity index (χ0n) is 17.0. The van der Waals surface area contributed by atoms with Crippen LogP contribution >= 0.6 is 11.6 Å². The van der Waals surface area contributed by atoms with Gasteiger partial charge >= 0.3 is 5.97 Å². The number of aliphatic carboxylic acids is 1. The van der Waals surface area contributed by atoms with E-state index in [1.807, 2.05) is 10.8 Å². The fourth-order valence-electron chi connectivity index (χ4n) is 5.76. The highest BCUT2D eigenvalue weighted by atomic mass is 35.5. The number of halogens is 1. The number of nitrogens with zero attached hydrogens (tertiary/aromatic N) is 5. The van der Waals surface area contributed by atoms with E-state index in [0.717, 1.165) is 36.6 Å². The number of nitriles is 1. The van der Waals surface area contributed by atoms with Crippen LogP contribution in [0.5, 0.6) is 0 Å². The largest absolute Gasteiger partial charge is 0.481 e. The van der Waals surface area contributed by atoms with E-state index in [1.54, 1.807) is 18.5 Å². The van der Waals surface area contributed by atoms with Gasteiger partial charge in [0.05, 0.1) is 27.9 Å². The van der Waals surface area contributed by atoms with Gasteiger partial charge in [-0.15, -0.1) is 0 Å². The number of hydrogen-bond acceptors (Lipinski definition) is 5. The van der Waals surface area contributed by atoms with Crippen molar-refractivity contribution < 1.29 is 9.90 Å². The number of carbonyl (C=O) groups is 1. The van der Waals surface area contributed by atoms with Crippen LogP contribution < -0.4 is 0 Å². The van der Waals surface area contributed by atoms with Crippen LogP contribution in [0.2, 0.25) is 5.02 Å². The molecule has 8 nitrogen and oxygen atoms in total. The highest BCUT2D eigenvalue weighted by Gasteiger charge is 2.48. The van der Waals surface area contributed by atoms with E-state index in [-0.39, 0.29) is 12.0 Å². The molecule has 2 N–H and O–H groups in total. The van der Waals surface area contributed by atoms with Gasteiger partial charge < -0.3 is 14.7 Å². The Labute approximate surface area is 187 Å². The minimum absolute atomic E-state index is 0.174. The second kappa shape index (κ2) is 7.04. The molecule has 2 atom stereocenters. The van der Waals surface area contributed by atoms with Gasteiger partial charge in [0.1, 0.15) is 17.4 Å². The summed E-state index contributed by atoms with van der Waals surface area (Å²) in [5.74, 6) is -0.235. The zero-order valence-corrected chi connectivity index (χ0v) is 17.8. The van der Waals surface area contributed by atoms with Crippen LogP contribution in [0.1, 0.15) is 37.3 Å². The van der Waals surface area contributed by atoms with E-state index in [0.29, 0.717) is 39.0 Å². The second-order valence-electron chi connectivity index (χ2n) is 8.78. The van der Waals surface area contributed by atoms with Crippen molar-refractivity contribution in [2.24, 2.45) is 17.8 Å². The molecule has 0 spiro atoms. The molecule has 0 unspecified atom stereocenters. The van der Waals surface area contributed by atoms with E-state index in [2.05, 4.69) is 21.0 Å². The number of hydrogen-bond donors (Lipinski definition) is 2. The van der Waals surface area contributed by atoms with Gasteiger partial charge in [-0.2, -0.15) is 5.26 Å². The van der Waals surface area contributed by atoms with Crippen molar-refractivity contribution >= 4 is 39.6 Å². The van der Waals surface area contributed by atoms with Gasteiger partial charge in [0.15, 0.2) is 5.82 Å². The summed E-state index contributed by atoms with van der Waals surface area (Å²) in [4.78, 5) is 29.0. The van der Waals surface area contributed by atoms with Gasteiger partial charge in [-0.1, -0.05) is 11.6 Å². The van der Waals surface area contributed by atoms with Crippen molar-refractivity contribution in [3.05, 3.63) is 41.4 Å². The average molecular weight is 447 g/mol. The van der Waals surface area contributed by atoms with E-state index in [4.69, 9.17) is 16.6 Å². The Kier molecular flexibility index (Phi) is 4.24. The van der Waals surface area contributed by atoms with Crippen LogP contribution in [-0.2, 0) is 4.79 Å². The zero-order chi connectivity index (χ0) is 22.0. The number of H-pyrrole nitrogens is 1. The maximum Gasteiger partial charge on any atom is 0.308 e. The minimum atomic E-state index is -0.747. The standard InChI is InChI=1S/C23H19ClN6O2/c24-17-10-30(19-13-3-1-12(2-4-13)18(19)23(31)32)22-16(17)9-28-21(29-22)15-8-27-20-14(15)5-11(6-25)7-26-20/h5,7-10,12-13,18-19H,1-4H2,(H,26,27)(H,31,32)/t12?,13?,18-,19-/m1/s1. The smallest absolute Gasteiger partial charge is 0.308 e. The second-order valence-corrected chi connectivity index (χ2v) is 9.19. The van der Waals surface area contributed by atoms with Crippen LogP contribution in [0, 0.1) is 29.1 Å². The first kappa shape index (κ1) is 19.3. The fraction of sp³-hybridized carbons (Fsp3) is 0.348. The molecule has 0 amide bonds. The predicted octanol–water partition coefficient (Wildman–Crippen LogP) is 4.56. The number of aromatic nitrogens is 5. The Morgan fingerprint density at radius 2 is 1.97 bits per heavy atom. The van der Waals surface area contributed by atoms with Gasteiger partial charge in [-0.25, -0.2) is 15.0 Å². The quantitative estimate of drug-likeness (QED) is 0.475. The molecular formula is C23H19ClN6O2. The molecule has 3 aliphatic carbocycles. The fourth-order valence-corrected chi connectivity index (χ4v) is 6.00. The summed E-state index contributed by atoms with van der Waals surface area (Å²) in [5, 5.41) is 21.3. The molecule has 32 heavy (non-hydrogen) atoms. The Hall–Kier alpha value is -3.44.